The van der Waals surface area contributed by atoms with Crippen LogP contribution in [0.4, 0.5) is 0 Å². The summed E-state index contributed by atoms with van der Waals surface area (Å²) in [6, 6.07) is 64.8. The zero-order valence-electron chi connectivity index (χ0n) is 28.5. The molecule has 0 aliphatic carbocycles. The topological polar surface area (TPSA) is 9.86 Å². The molecule has 0 aliphatic rings. The van der Waals surface area contributed by atoms with Gasteiger partial charge in [0.25, 0.3) is 0 Å². The lowest BCUT2D eigenvalue weighted by Gasteiger charge is -2.14. The zero-order valence-corrected chi connectivity index (χ0v) is 29.4. The van der Waals surface area contributed by atoms with Crippen molar-refractivity contribution in [3.05, 3.63) is 181 Å². The minimum absolute atomic E-state index is 1.18. The van der Waals surface area contributed by atoms with Crippen LogP contribution in [0.5, 0.6) is 0 Å². The lowest BCUT2D eigenvalue weighted by atomic mass is 10.00. The molecule has 11 aromatic rings. The first-order valence-electron chi connectivity index (χ1n) is 17.8. The van der Waals surface area contributed by atoms with Crippen molar-refractivity contribution in [1.82, 2.24) is 9.13 Å². The van der Waals surface area contributed by atoms with Crippen LogP contribution in [0, 0.1) is 6.92 Å². The van der Waals surface area contributed by atoms with E-state index in [4.69, 9.17) is 0 Å². The van der Waals surface area contributed by atoms with Crippen molar-refractivity contribution in [2.75, 3.05) is 0 Å². The van der Waals surface area contributed by atoms with Crippen molar-refractivity contribution < 1.29 is 0 Å². The van der Waals surface area contributed by atoms with Gasteiger partial charge in [0.05, 0.1) is 22.1 Å². The van der Waals surface area contributed by atoms with Crippen molar-refractivity contribution >= 4 is 75.1 Å². The summed E-state index contributed by atoms with van der Waals surface area (Å²) in [6.45, 7) is 2.23. The summed E-state index contributed by atoms with van der Waals surface area (Å²) in [5.41, 5.74) is 13.4. The molecule has 3 heterocycles. The Morgan fingerprint density at radius 2 is 0.827 bits per heavy atom. The highest BCUT2D eigenvalue weighted by Gasteiger charge is 2.17. The Hall–Kier alpha value is -6.42. The van der Waals surface area contributed by atoms with E-state index in [9.17, 15) is 0 Å². The third-order valence-electron chi connectivity index (χ3n) is 10.9. The molecule has 0 spiro atoms. The molecule has 52 heavy (non-hydrogen) atoms. The minimum atomic E-state index is 1.18. The molecule has 0 atom stereocenters. The number of rotatable bonds is 4. The summed E-state index contributed by atoms with van der Waals surface area (Å²) in [5.74, 6) is 0. The monoisotopic (exact) mass is 680 g/mol. The van der Waals surface area contributed by atoms with Crippen molar-refractivity contribution in [1.29, 1.82) is 0 Å². The van der Waals surface area contributed by atoms with E-state index >= 15 is 0 Å². The molecule has 0 amide bonds. The molecule has 244 valence electrons. The molecule has 0 saturated carbocycles. The molecule has 0 bridgehead atoms. The van der Waals surface area contributed by atoms with E-state index in [1.165, 1.54) is 103 Å². The lowest BCUT2D eigenvalue weighted by Crippen LogP contribution is -1.97. The van der Waals surface area contributed by atoms with E-state index in [1.54, 1.807) is 0 Å². The number of aromatic nitrogens is 2. The van der Waals surface area contributed by atoms with E-state index in [0.29, 0.717) is 0 Å². The van der Waals surface area contributed by atoms with Gasteiger partial charge in [-0.1, -0.05) is 103 Å². The highest BCUT2D eigenvalue weighted by molar-refractivity contribution is 7.25. The Kier molecular flexibility index (Phi) is 6.37. The molecule has 0 fully saturated rings. The fourth-order valence-electron chi connectivity index (χ4n) is 8.36. The molecule has 0 aliphatic heterocycles. The van der Waals surface area contributed by atoms with Crippen molar-refractivity contribution in [2.24, 2.45) is 0 Å². The van der Waals surface area contributed by atoms with E-state index in [1.807, 2.05) is 11.3 Å². The summed E-state index contributed by atoms with van der Waals surface area (Å²) in [4.78, 5) is 0. The third kappa shape index (κ3) is 4.36. The average molecular weight is 681 g/mol. The minimum Gasteiger partial charge on any atom is -0.309 e. The maximum Gasteiger partial charge on any atom is 0.0541 e. The summed E-state index contributed by atoms with van der Waals surface area (Å²) in [7, 11) is 0. The number of fused-ring (bicyclic) bond motifs is 9. The molecular weight excluding hydrogens is 649 g/mol. The van der Waals surface area contributed by atoms with Crippen LogP contribution in [0.2, 0.25) is 0 Å². The number of benzene rings is 8. The fourth-order valence-corrected chi connectivity index (χ4v) is 9.44. The first-order chi connectivity index (χ1) is 25.7. The second-order valence-corrected chi connectivity index (χ2v) is 14.9. The van der Waals surface area contributed by atoms with Gasteiger partial charge >= 0.3 is 0 Å². The number of hydrogen-bond donors (Lipinski definition) is 0. The van der Waals surface area contributed by atoms with Gasteiger partial charge in [0, 0.05) is 53.1 Å². The molecule has 3 heteroatoms. The smallest absolute Gasteiger partial charge is 0.0541 e. The van der Waals surface area contributed by atoms with Gasteiger partial charge in [-0.25, -0.2) is 0 Å². The molecular formula is C49H32N2S. The number of aryl methyl sites for hydroxylation is 1. The van der Waals surface area contributed by atoms with Crippen LogP contribution in [0.3, 0.4) is 0 Å². The van der Waals surface area contributed by atoms with Crippen LogP contribution in [-0.4, -0.2) is 9.13 Å². The van der Waals surface area contributed by atoms with Crippen LogP contribution >= 0.6 is 11.3 Å². The predicted molar refractivity (Wildman–Crippen MR) is 224 cm³/mol. The van der Waals surface area contributed by atoms with E-state index in [2.05, 4.69) is 192 Å². The third-order valence-corrected chi connectivity index (χ3v) is 12.0. The number of nitrogens with zero attached hydrogens (tertiary/aromatic N) is 2. The van der Waals surface area contributed by atoms with E-state index < -0.39 is 0 Å². The second kappa shape index (κ2) is 11.3. The Labute approximate surface area is 305 Å². The number of hydrogen-bond acceptors (Lipinski definition) is 1. The second-order valence-electron chi connectivity index (χ2n) is 13.8. The van der Waals surface area contributed by atoms with Crippen LogP contribution in [0.1, 0.15) is 5.56 Å². The molecule has 11 rings (SSSR count). The van der Waals surface area contributed by atoms with Gasteiger partial charge in [-0.3, -0.25) is 0 Å². The van der Waals surface area contributed by atoms with Gasteiger partial charge < -0.3 is 9.13 Å². The van der Waals surface area contributed by atoms with Gasteiger partial charge in [0.1, 0.15) is 0 Å². The summed E-state index contributed by atoms with van der Waals surface area (Å²) < 4.78 is 7.50. The summed E-state index contributed by atoms with van der Waals surface area (Å²) in [6.07, 6.45) is 0. The first kappa shape index (κ1) is 29.3. The zero-order chi connectivity index (χ0) is 34.3. The van der Waals surface area contributed by atoms with Gasteiger partial charge in [-0.05, 0) is 108 Å². The maximum atomic E-state index is 2.46. The Balaban J connectivity index is 1.07. The van der Waals surface area contributed by atoms with E-state index in [0.717, 1.165) is 0 Å². The van der Waals surface area contributed by atoms with Crippen LogP contribution < -0.4 is 0 Å². The van der Waals surface area contributed by atoms with Crippen LogP contribution in [0.15, 0.2) is 176 Å². The van der Waals surface area contributed by atoms with Crippen LogP contribution in [-0.2, 0) is 0 Å². The van der Waals surface area contributed by atoms with Crippen molar-refractivity contribution in [2.45, 2.75) is 6.92 Å². The highest BCUT2D eigenvalue weighted by atomic mass is 32.1. The van der Waals surface area contributed by atoms with E-state index in [-0.39, 0.29) is 0 Å². The first-order valence-corrected chi connectivity index (χ1v) is 18.7. The van der Waals surface area contributed by atoms with Gasteiger partial charge in [-0.15, -0.1) is 11.3 Å². The molecule has 0 unspecified atom stereocenters. The molecule has 2 nitrogen and oxygen atoms in total. The van der Waals surface area contributed by atoms with Crippen LogP contribution in [0.25, 0.3) is 97.4 Å². The number of thiophene rings is 1. The number of para-hydroxylation sites is 3. The maximum absolute atomic E-state index is 2.46. The molecule has 3 aromatic heterocycles. The Morgan fingerprint density at radius 1 is 0.346 bits per heavy atom. The average Bonchev–Trinajstić information content (AvgIpc) is 3.85. The van der Waals surface area contributed by atoms with Gasteiger partial charge in [0.15, 0.2) is 0 Å². The predicted octanol–water partition coefficient (Wildman–Crippen LogP) is 13.9. The Morgan fingerprint density at radius 3 is 1.54 bits per heavy atom. The van der Waals surface area contributed by atoms with Gasteiger partial charge in [0.2, 0.25) is 0 Å². The molecule has 0 N–H and O–H groups in total. The van der Waals surface area contributed by atoms with Crippen molar-refractivity contribution in [3.8, 4) is 33.6 Å². The fraction of sp³-hybridized carbons (Fsp3) is 0.0204. The SMILES string of the molecule is Cc1ccc(-c2ccc3sc4ccccc4c3c2)cc1-n1c2ccccc2c2cc(-c3ccc4c(c3)c3ccccc3n4-c3ccccc3)ccc21. The normalized spacial score (nSPS) is 11.9. The summed E-state index contributed by atoms with van der Waals surface area (Å²) >= 11 is 1.87. The molecule has 0 radical (unpaired) electrons. The van der Waals surface area contributed by atoms with Crippen molar-refractivity contribution in [3.63, 3.8) is 0 Å². The molecule has 0 saturated heterocycles. The highest BCUT2D eigenvalue weighted by Crippen LogP contribution is 2.40. The van der Waals surface area contributed by atoms with Gasteiger partial charge in [-0.2, -0.15) is 0 Å². The lowest BCUT2D eigenvalue weighted by molar-refractivity contribution is 1.15. The molecule has 8 aromatic carbocycles. The largest absolute Gasteiger partial charge is 0.309 e. The standard InChI is InChI=1S/C49H32N2S/c1-31-19-20-35(34-23-26-49-42(29-34)39-15-7-10-18-48(39)52-49)30-47(31)51-44-17-9-6-14-38(44)41-28-33(22-25-46(41)51)32-21-24-45-40(27-32)37-13-5-8-16-43(37)50(45)36-11-3-2-4-12-36/h2-30H,1H3. The Bertz CT molecular complexity index is 3190. The summed E-state index contributed by atoms with van der Waals surface area (Å²) in [5, 5.41) is 7.71. The quantitative estimate of drug-likeness (QED) is 0.175.